The Labute approximate surface area is 235 Å². The number of rotatable bonds is 7. The second-order valence-corrected chi connectivity index (χ2v) is 10.1. The molecule has 6 aromatic rings. The highest BCUT2D eigenvalue weighted by molar-refractivity contribution is 5.86. The molecule has 0 atom stereocenters. The third-order valence-electron chi connectivity index (χ3n) is 7.45. The first kappa shape index (κ1) is 23.8. The molecule has 7 rings (SSSR count). The van der Waals surface area contributed by atoms with Crippen molar-refractivity contribution in [3.8, 4) is 11.1 Å². The Bertz CT molecular complexity index is 1650. The molecule has 0 radical (unpaired) electrons. The van der Waals surface area contributed by atoms with Crippen LogP contribution in [0.4, 0.5) is 34.1 Å². The maximum atomic E-state index is 3.58. The first-order chi connectivity index (χ1) is 19.8. The molecule has 0 unspecified atom stereocenters. The summed E-state index contributed by atoms with van der Waals surface area (Å²) in [6.45, 7) is 0. The molecule has 3 nitrogen and oxygen atoms in total. The van der Waals surface area contributed by atoms with E-state index in [1.54, 1.807) is 0 Å². The maximum absolute atomic E-state index is 3.58. The highest BCUT2D eigenvalue weighted by atomic mass is 14.9. The summed E-state index contributed by atoms with van der Waals surface area (Å²) in [5.74, 6) is 0.173. The third-order valence-corrected chi connectivity index (χ3v) is 7.45. The van der Waals surface area contributed by atoms with E-state index >= 15 is 0 Å². The highest BCUT2D eigenvalue weighted by Crippen LogP contribution is 2.50. The summed E-state index contributed by atoms with van der Waals surface area (Å²) in [5, 5.41) is 10.7. The van der Waals surface area contributed by atoms with E-state index in [9.17, 15) is 0 Å². The van der Waals surface area contributed by atoms with Crippen molar-refractivity contribution in [2.45, 2.75) is 5.92 Å². The van der Waals surface area contributed by atoms with Crippen LogP contribution in [-0.2, 0) is 0 Å². The van der Waals surface area contributed by atoms with Crippen LogP contribution in [0.3, 0.4) is 0 Å². The maximum Gasteiger partial charge on any atom is 0.0390 e. The molecule has 192 valence electrons. The summed E-state index contributed by atoms with van der Waals surface area (Å²) < 4.78 is 0. The van der Waals surface area contributed by atoms with Crippen LogP contribution in [-0.4, -0.2) is 0 Å². The number of hydrogen-bond acceptors (Lipinski definition) is 3. The molecular weight excluding hydrogens is 486 g/mol. The highest BCUT2D eigenvalue weighted by Gasteiger charge is 2.30. The van der Waals surface area contributed by atoms with Crippen LogP contribution in [0.2, 0.25) is 0 Å². The van der Waals surface area contributed by atoms with Gasteiger partial charge in [0.25, 0.3) is 0 Å². The topological polar surface area (TPSA) is 36.1 Å². The van der Waals surface area contributed by atoms with Gasteiger partial charge in [-0.2, -0.15) is 0 Å². The van der Waals surface area contributed by atoms with Crippen molar-refractivity contribution in [3.05, 3.63) is 168 Å². The lowest BCUT2D eigenvalue weighted by Gasteiger charge is -2.16. The predicted molar refractivity (Wildman–Crippen MR) is 168 cm³/mol. The smallest absolute Gasteiger partial charge is 0.0390 e. The van der Waals surface area contributed by atoms with Gasteiger partial charge in [-0.3, -0.25) is 0 Å². The Hall–Kier alpha value is -5.28. The molecule has 3 heteroatoms. The average molecular weight is 516 g/mol. The van der Waals surface area contributed by atoms with Crippen LogP contribution in [0.1, 0.15) is 22.6 Å². The largest absolute Gasteiger partial charge is 0.356 e. The minimum atomic E-state index is 0.173. The van der Waals surface area contributed by atoms with Crippen molar-refractivity contribution < 1.29 is 0 Å². The minimum Gasteiger partial charge on any atom is -0.356 e. The van der Waals surface area contributed by atoms with E-state index in [0.717, 1.165) is 34.1 Å². The number of hydrogen-bond donors (Lipinski definition) is 3. The van der Waals surface area contributed by atoms with E-state index in [0.29, 0.717) is 0 Å². The summed E-state index contributed by atoms with van der Waals surface area (Å²) >= 11 is 0. The summed E-state index contributed by atoms with van der Waals surface area (Å²) in [4.78, 5) is 0. The van der Waals surface area contributed by atoms with Crippen molar-refractivity contribution in [2.24, 2.45) is 0 Å². The molecule has 0 heterocycles. The number of fused-ring (bicyclic) bond motifs is 3. The zero-order chi connectivity index (χ0) is 26.7. The molecular formula is C37H29N3. The van der Waals surface area contributed by atoms with Gasteiger partial charge < -0.3 is 16.0 Å². The van der Waals surface area contributed by atoms with Gasteiger partial charge in [0, 0.05) is 40.0 Å². The molecule has 0 saturated heterocycles. The van der Waals surface area contributed by atoms with Gasteiger partial charge in [-0.25, -0.2) is 0 Å². The molecule has 0 amide bonds. The predicted octanol–water partition coefficient (Wildman–Crippen LogP) is 10.1. The molecule has 40 heavy (non-hydrogen) atoms. The lowest BCUT2D eigenvalue weighted by atomic mass is 9.89. The second kappa shape index (κ2) is 10.5. The summed E-state index contributed by atoms with van der Waals surface area (Å²) in [7, 11) is 0. The van der Waals surface area contributed by atoms with Gasteiger partial charge in [0.05, 0.1) is 0 Å². The lowest BCUT2D eigenvalue weighted by molar-refractivity contribution is 1.02. The number of para-hydroxylation sites is 3. The number of anilines is 6. The Kier molecular flexibility index (Phi) is 6.23. The zero-order valence-electron chi connectivity index (χ0n) is 22.0. The van der Waals surface area contributed by atoms with Crippen LogP contribution in [0, 0.1) is 0 Å². The van der Waals surface area contributed by atoms with E-state index in [2.05, 4.69) is 137 Å². The molecule has 1 aliphatic carbocycles. The normalized spacial score (nSPS) is 11.9. The third kappa shape index (κ3) is 4.81. The lowest BCUT2D eigenvalue weighted by Crippen LogP contribution is -2.00. The fourth-order valence-corrected chi connectivity index (χ4v) is 5.59. The first-order valence-corrected chi connectivity index (χ1v) is 13.6. The van der Waals surface area contributed by atoms with E-state index < -0.39 is 0 Å². The quantitative estimate of drug-likeness (QED) is 0.198. The van der Waals surface area contributed by atoms with Crippen LogP contribution in [0.5, 0.6) is 0 Å². The fraction of sp³-hybridized carbons (Fsp3) is 0.0270. The van der Waals surface area contributed by atoms with Crippen LogP contribution >= 0.6 is 0 Å². The minimum absolute atomic E-state index is 0.173. The summed E-state index contributed by atoms with van der Waals surface area (Å²) in [6, 6.07) is 53.4. The molecule has 3 N–H and O–H groups in total. The zero-order valence-corrected chi connectivity index (χ0v) is 22.0. The van der Waals surface area contributed by atoms with Gasteiger partial charge >= 0.3 is 0 Å². The second-order valence-electron chi connectivity index (χ2n) is 10.1. The molecule has 0 spiro atoms. The molecule has 0 fully saturated rings. The van der Waals surface area contributed by atoms with E-state index in [-0.39, 0.29) is 5.92 Å². The van der Waals surface area contributed by atoms with Crippen LogP contribution < -0.4 is 16.0 Å². The van der Waals surface area contributed by atoms with Crippen molar-refractivity contribution >= 4 is 34.1 Å². The average Bonchev–Trinajstić information content (AvgIpc) is 3.32. The summed E-state index contributed by atoms with van der Waals surface area (Å²) in [5.41, 5.74) is 13.0. The molecule has 0 bridgehead atoms. The molecule has 6 aromatic carbocycles. The van der Waals surface area contributed by atoms with E-state index in [4.69, 9.17) is 0 Å². The molecule has 0 aliphatic heterocycles. The molecule has 1 aliphatic rings. The summed E-state index contributed by atoms with van der Waals surface area (Å²) in [6.07, 6.45) is 0. The van der Waals surface area contributed by atoms with E-state index in [1.165, 1.54) is 27.8 Å². The Morgan fingerprint density at radius 2 is 0.675 bits per heavy atom. The Morgan fingerprint density at radius 1 is 0.325 bits per heavy atom. The van der Waals surface area contributed by atoms with Crippen molar-refractivity contribution in [3.63, 3.8) is 0 Å². The van der Waals surface area contributed by atoms with Gasteiger partial charge in [0.2, 0.25) is 0 Å². The standard InChI is InChI=1S/C37H29N3/c1-4-10-27(11-5-1)38-30-18-16-26(17-19-30)37-33-22-20-31(39-28-12-6-2-7-13-28)24-35(33)36-25-32(21-23-34(36)37)40-29-14-8-3-9-15-29/h1-25,37-40H. The van der Waals surface area contributed by atoms with Gasteiger partial charge in [-0.05, 0) is 101 Å². The van der Waals surface area contributed by atoms with E-state index in [1.807, 2.05) is 30.3 Å². The van der Waals surface area contributed by atoms with Gasteiger partial charge in [0.15, 0.2) is 0 Å². The van der Waals surface area contributed by atoms with Crippen LogP contribution in [0.25, 0.3) is 11.1 Å². The number of nitrogens with one attached hydrogen (secondary N) is 3. The van der Waals surface area contributed by atoms with Gasteiger partial charge in [-0.15, -0.1) is 0 Å². The molecule has 0 aromatic heterocycles. The monoisotopic (exact) mass is 515 g/mol. The SMILES string of the molecule is c1ccc(Nc2ccc(C3c4ccc(Nc5ccccc5)cc4-c4cc(Nc5ccccc5)ccc43)cc2)cc1. The van der Waals surface area contributed by atoms with Crippen LogP contribution in [0.15, 0.2) is 152 Å². The fourth-order valence-electron chi connectivity index (χ4n) is 5.59. The van der Waals surface area contributed by atoms with Gasteiger partial charge in [0.1, 0.15) is 0 Å². The Balaban J connectivity index is 1.26. The van der Waals surface area contributed by atoms with Crippen molar-refractivity contribution in [1.82, 2.24) is 0 Å². The van der Waals surface area contributed by atoms with Crippen molar-refractivity contribution in [2.75, 3.05) is 16.0 Å². The number of benzene rings is 6. The van der Waals surface area contributed by atoms with Crippen molar-refractivity contribution in [1.29, 1.82) is 0 Å². The first-order valence-electron chi connectivity index (χ1n) is 13.6. The molecule has 0 saturated carbocycles. The van der Waals surface area contributed by atoms with Gasteiger partial charge in [-0.1, -0.05) is 78.9 Å². The Morgan fingerprint density at radius 3 is 1.10 bits per heavy atom.